The lowest BCUT2D eigenvalue weighted by Crippen LogP contribution is -2.39. The van der Waals surface area contributed by atoms with E-state index in [0.29, 0.717) is 6.61 Å². The van der Waals surface area contributed by atoms with Gasteiger partial charge in [0.1, 0.15) is 0 Å². The summed E-state index contributed by atoms with van der Waals surface area (Å²) in [5.74, 6) is 0.808. The summed E-state index contributed by atoms with van der Waals surface area (Å²) >= 11 is 0. The number of aromatic nitrogens is 2. The monoisotopic (exact) mass is 367 g/mol. The van der Waals surface area contributed by atoms with Crippen molar-refractivity contribution >= 4 is 29.9 Å². The van der Waals surface area contributed by atoms with Gasteiger partial charge < -0.3 is 15.4 Å². The molecule has 0 unspecified atom stereocenters. The molecule has 1 rings (SSSR count). The lowest BCUT2D eigenvalue weighted by atomic mass is 10.4. The maximum atomic E-state index is 4.95. The van der Waals surface area contributed by atoms with Gasteiger partial charge in [0.05, 0.1) is 6.61 Å². The molecule has 18 heavy (non-hydrogen) atoms. The molecule has 7 heteroatoms. The van der Waals surface area contributed by atoms with Crippen molar-refractivity contribution in [2.75, 3.05) is 33.9 Å². The van der Waals surface area contributed by atoms with Crippen molar-refractivity contribution in [3.05, 3.63) is 18.5 Å². The second kappa shape index (κ2) is 11.3. The second-order valence-electron chi connectivity index (χ2n) is 3.54. The van der Waals surface area contributed by atoms with Crippen molar-refractivity contribution in [3.63, 3.8) is 0 Å². The number of ether oxygens (including phenoxy) is 1. The summed E-state index contributed by atoms with van der Waals surface area (Å²) in [4.78, 5) is 4.11. The van der Waals surface area contributed by atoms with Gasteiger partial charge in [-0.1, -0.05) is 0 Å². The van der Waals surface area contributed by atoms with E-state index >= 15 is 0 Å². The minimum absolute atomic E-state index is 0. The average Bonchev–Trinajstić information content (AvgIpc) is 2.85. The fourth-order valence-electron chi connectivity index (χ4n) is 1.37. The van der Waals surface area contributed by atoms with Gasteiger partial charge >= 0.3 is 0 Å². The predicted molar refractivity (Wildman–Crippen MR) is 83.5 cm³/mol. The fraction of sp³-hybridized carbons (Fsp3) is 0.636. The first kappa shape index (κ1) is 17.2. The molecule has 0 aromatic carbocycles. The van der Waals surface area contributed by atoms with Crippen molar-refractivity contribution in [2.24, 2.45) is 4.99 Å². The van der Waals surface area contributed by atoms with Gasteiger partial charge in [0.25, 0.3) is 0 Å². The number of hydrogen-bond acceptors (Lipinski definition) is 3. The maximum Gasteiger partial charge on any atom is 0.191 e. The van der Waals surface area contributed by atoms with Crippen LogP contribution in [0, 0.1) is 0 Å². The third kappa shape index (κ3) is 7.49. The molecule has 2 N–H and O–H groups in total. The molecule has 0 saturated carbocycles. The van der Waals surface area contributed by atoms with Crippen LogP contribution in [0.15, 0.2) is 23.5 Å². The molecule has 0 aliphatic heterocycles. The molecule has 0 fully saturated rings. The van der Waals surface area contributed by atoms with Gasteiger partial charge in [-0.15, -0.1) is 24.0 Å². The molecule has 1 heterocycles. The quantitative estimate of drug-likeness (QED) is 0.322. The largest absolute Gasteiger partial charge is 0.383 e. The summed E-state index contributed by atoms with van der Waals surface area (Å²) in [6, 6.07) is 1.93. The van der Waals surface area contributed by atoms with Crippen LogP contribution in [0.3, 0.4) is 0 Å². The molecule has 0 radical (unpaired) electrons. The number of methoxy groups -OCH3 is 1. The van der Waals surface area contributed by atoms with E-state index in [1.165, 1.54) is 0 Å². The molecule has 0 bridgehead atoms. The van der Waals surface area contributed by atoms with E-state index in [0.717, 1.165) is 32.0 Å². The SMILES string of the molecule is CN=C(NCCCn1cccn1)NCCOC.I. The summed E-state index contributed by atoms with van der Waals surface area (Å²) in [5, 5.41) is 10.5. The van der Waals surface area contributed by atoms with Crippen LogP contribution in [0.25, 0.3) is 0 Å². The third-order valence-electron chi connectivity index (χ3n) is 2.24. The van der Waals surface area contributed by atoms with Crippen LogP contribution in [-0.2, 0) is 11.3 Å². The third-order valence-corrected chi connectivity index (χ3v) is 2.24. The lowest BCUT2D eigenvalue weighted by molar-refractivity contribution is 0.203. The Morgan fingerprint density at radius 1 is 1.39 bits per heavy atom. The molecule has 0 atom stereocenters. The summed E-state index contributed by atoms with van der Waals surface area (Å²) in [6.07, 6.45) is 4.76. The molecule has 0 spiro atoms. The highest BCUT2D eigenvalue weighted by Gasteiger charge is 1.96. The Kier molecular flexibility index (Phi) is 10.8. The van der Waals surface area contributed by atoms with Gasteiger partial charge in [-0.25, -0.2) is 0 Å². The Morgan fingerprint density at radius 3 is 2.78 bits per heavy atom. The Hall–Kier alpha value is -0.830. The Bertz CT molecular complexity index is 315. The molecule has 6 nitrogen and oxygen atoms in total. The molecule has 0 saturated heterocycles. The normalized spacial score (nSPS) is 10.9. The first-order valence-electron chi connectivity index (χ1n) is 5.77. The predicted octanol–water partition coefficient (Wildman–Crippen LogP) is 0.703. The van der Waals surface area contributed by atoms with Gasteiger partial charge in [0.15, 0.2) is 5.96 Å². The highest BCUT2D eigenvalue weighted by molar-refractivity contribution is 14.0. The van der Waals surface area contributed by atoms with Gasteiger partial charge in [-0.3, -0.25) is 9.67 Å². The minimum atomic E-state index is 0. The van der Waals surface area contributed by atoms with Crippen LogP contribution in [0.5, 0.6) is 0 Å². The van der Waals surface area contributed by atoms with Crippen molar-refractivity contribution in [2.45, 2.75) is 13.0 Å². The summed E-state index contributed by atoms with van der Waals surface area (Å²) < 4.78 is 6.87. The molecule has 1 aromatic heterocycles. The van der Waals surface area contributed by atoms with Crippen molar-refractivity contribution in [3.8, 4) is 0 Å². The van der Waals surface area contributed by atoms with Crippen molar-refractivity contribution < 1.29 is 4.74 Å². The van der Waals surface area contributed by atoms with E-state index in [1.54, 1.807) is 20.4 Å². The molecular weight excluding hydrogens is 345 g/mol. The van der Waals surface area contributed by atoms with Crippen LogP contribution in [-0.4, -0.2) is 49.6 Å². The number of nitrogens with zero attached hydrogens (tertiary/aromatic N) is 3. The fourth-order valence-corrected chi connectivity index (χ4v) is 1.37. The Morgan fingerprint density at radius 2 is 2.17 bits per heavy atom. The van der Waals surface area contributed by atoms with Crippen molar-refractivity contribution in [1.29, 1.82) is 0 Å². The highest BCUT2D eigenvalue weighted by atomic mass is 127. The highest BCUT2D eigenvalue weighted by Crippen LogP contribution is 1.87. The smallest absolute Gasteiger partial charge is 0.191 e. The first-order valence-corrected chi connectivity index (χ1v) is 5.77. The molecule has 0 aliphatic carbocycles. The first-order chi connectivity index (χ1) is 8.36. The zero-order valence-electron chi connectivity index (χ0n) is 10.9. The number of aliphatic imine (C=N–C) groups is 1. The van der Waals surface area contributed by atoms with E-state index < -0.39 is 0 Å². The summed E-state index contributed by atoms with van der Waals surface area (Å²) in [6.45, 7) is 3.21. The topological polar surface area (TPSA) is 63.5 Å². The van der Waals surface area contributed by atoms with E-state index in [2.05, 4.69) is 20.7 Å². The zero-order chi connectivity index (χ0) is 12.3. The Labute approximate surface area is 125 Å². The molecule has 0 amide bonds. The van der Waals surface area contributed by atoms with Crippen LogP contribution in [0.4, 0.5) is 0 Å². The molecular formula is C11H22IN5O. The van der Waals surface area contributed by atoms with E-state index in [1.807, 2.05) is 16.9 Å². The van der Waals surface area contributed by atoms with Crippen molar-refractivity contribution in [1.82, 2.24) is 20.4 Å². The number of aryl methyl sites for hydroxylation is 1. The standard InChI is InChI=1S/C11H21N5O.HI/c1-12-11(14-7-10-17-2)13-5-3-8-16-9-4-6-15-16;/h4,6,9H,3,5,7-8,10H2,1-2H3,(H2,12,13,14);1H. The van der Waals surface area contributed by atoms with Crippen LogP contribution in [0.2, 0.25) is 0 Å². The minimum Gasteiger partial charge on any atom is -0.383 e. The van der Waals surface area contributed by atoms with Gasteiger partial charge in [-0.2, -0.15) is 5.10 Å². The zero-order valence-corrected chi connectivity index (χ0v) is 13.3. The van der Waals surface area contributed by atoms with E-state index in [4.69, 9.17) is 4.74 Å². The average molecular weight is 367 g/mol. The Balaban J connectivity index is 0.00000289. The second-order valence-corrected chi connectivity index (χ2v) is 3.54. The molecule has 1 aromatic rings. The molecule has 0 aliphatic rings. The van der Waals surface area contributed by atoms with Crippen LogP contribution in [0.1, 0.15) is 6.42 Å². The van der Waals surface area contributed by atoms with E-state index in [-0.39, 0.29) is 24.0 Å². The number of nitrogens with one attached hydrogen (secondary N) is 2. The number of rotatable bonds is 7. The number of hydrogen-bond donors (Lipinski definition) is 2. The summed E-state index contributed by atoms with van der Waals surface area (Å²) in [5.41, 5.74) is 0. The maximum absolute atomic E-state index is 4.95. The van der Waals surface area contributed by atoms with Gasteiger partial charge in [-0.05, 0) is 12.5 Å². The molecule has 104 valence electrons. The van der Waals surface area contributed by atoms with Crippen LogP contribution < -0.4 is 10.6 Å². The van der Waals surface area contributed by atoms with Crippen LogP contribution >= 0.6 is 24.0 Å². The number of guanidine groups is 1. The van der Waals surface area contributed by atoms with Gasteiger partial charge in [0.2, 0.25) is 0 Å². The summed E-state index contributed by atoms with van der Waals surface area (Å²) in [7, 11) is 3.44. The number of halogens is 1. The lowest BCUT2D eigenvalue weighted by Gasteiger charge is -2.11. The van der Waals surface area contributed by atoms with E-state index in [9.17, 15) is 0 Å². The van der Waals surface area contributed by atoms with Gasteiger partial charge in [0, 0.05) is 46.2 Å².